The third-order valence-corrected chi connectivity index (χ3v) is 3.92. The van der Waals surface area contributed by atoms with E-state index in [1.165, 1.54) is 18.2 Å². The Hall–Kier alpha value is -1.42. The number of amides is 1. The number of rotatable bonds is 3. The van der Waals surface area contributed by atoms with E-state index >= 15 is 0 Å². The van der Waals surface area contributed by atoms with Crippen molar-refractivity contribution in [3.8, 4) is 0 Å². The number of benzene rings is 1. The summed E-state index contributed by atoms with van der Waals surface area (Å²) < 4.78 is 13.8. The zero-order valence-electron chi connectivity index (χ0n) is 11.1. The van der Waals surface area contributed by atoms with E-state index in [4.69, 9.17) is 4.84 Å². The molecule has 0 saturated heterocycles. The third-order valence-electron chi connectivity index (χ3n) is 3.92. The van der Waals surface area contributed by atoms with Crippen LogP contribution in [0.1, 0.15) is 25.3 Å². The summed E-state index contributed by atoms with van der Waals surface area (Å²) in [4.78, 5) is 17.0. The summed E-state index contributed by atoms with van der Waals surface area (Å²) in [6.45, 7) is 3.96. The van der Waals surface area contributed by atoms with Gasteiger partial charge in [-0.15, -0.1) is 0 Å². The van der Waals surface area contributed by atoms with E-state index < -0.39 is 0 Å². The molecule has 1 aromatic carbocycles. The van der Waals surface area contributed by atoms with Gasteiger partial charge in [0.05, 0.1) is 13.0 Å². The summed E-state index contributed by atoms with van der Waals surface area (Å²) in [5, 5.41) is 1.22. The van der Waals surface area contributed by atoms with Crippen molar-refractivity contribution >= 4 is 5.91 Å². The van der Waals surface area contributed by atoms with Crippen LogP contribution >= 0.6 is 0 Å². The summed E-state index contributed by atoms with van der Waals surface area (Å²) in [7, 11) is 3.03. The van der Waals surface area contributed by atoms with Gasteiger partial charge in [0, 0.05) is 13.0 Å². The van der Waals surface area contributed by atoms with Gasteiger partial charge in [-0.25, -0.2) is 9.45 Å². The van der Waals surface area contributed by atoms with Gasteiger partial charge in [0.1, 0.15) is 5.82 Å². The minimum atomic E-state index is -0.244. The Morgan fingerprint density at radius 2 is 2.00 bits per heavy atom. The van der Waals surface area contributed by atoms with Gasteiger partial charge in [-0.2, -0.15) is 0 Å². The average molecular weight is 251 g/mol. The van der Waals surface area contributed by atoms with Gasteiger partial charge in [-0.05, 0) is 17.0 Å². The number of hydrogen-bond donors (Lipinski definition) is 0. The maximum atomic E-state index is 13.8. The topological polar surface area (TPSA) is 29.5 Å². The molecule has 0 radical (unpaired) electrons. The quantitative estimate of drug-likeness (QED) is 0.773. The summed E-state index contributed by atoms with van der Waals surface area (Å²) >= 11 is 0. The van der Waals surface area contributed by atoms with Gasteiger partial charge in [-0.1, -0.05) is 32.0 Å². The van der Waals surface area contributed by atoms with E-state index in [1.807, 2.05) is 13.8 Å². The highest BCUT2D eigenvalue weighted by Crippen LogP contribution is 2.65. The molecule has 2 unspecified atom stereocenters. The van der Waals surface area contributed by atoms with Crippen LogP contribution in [0.4, 0.5) is 4.39 Å². The molecule has 18 heavy (non-hydrogen) atoms. The Morgan fingerprint density at radius 3 is 2.56 bits per heavy atom. The predicted octanol–water partition coefficient (Wildman–Crippen LogP) is 2.59. The van der Waals surface area contributed by atoms with Crippen molar-refractivity contribution in [2.24, 2.45) is 11.3 Å². The molecule has 0 heterocycles. The second kappa shape index (κ2) is 4.35. The zero-order valence-corrected chi connectivity index (χ0v) is 11.1. The summed E-state index contributed by atoms with van der Waals surface area (Å²) in [5.74, 6) is -0.648. The number of hydrogen-bond acceptors (Lipinski definition) is 2. The Labute approximate surface area is 106 Å². The van der Waals surface area contributed by atoms with E-state index in [0.717, 1.165) is 0 Å². The highest BCUT2D eigenvalue weighted by molar-refractivity contribution is 5.83. The number of carbonyl (C=O) groups excluding carboxylic acids is 1. The number of hydroxylamine groups is 2. The Morgan fingerprint density at radius 1 is 1.39 bits per heavy atom. The van der Waals surface area contributed by atoms with Gasteiger partial charge >= 0.3 is 0 Å². The van der Waals surface area contributed by atoms with Crippen molar-refractivity contribution in [2.75, 3.05) is 14.2 Å². The molecule has 3 nitrogen and oxygen atoms in total. The lowest BCUT2D eigenvalue weighted by molar-refractivity contribution is -0.171. The smallest absolute Gasteiger partial charge is 0.250 e. The van der Waals surface area contributed by atoms with Crippen molar-refractivity contribution in [3.63, 3.8) is 0 Å². The highest BCUT2D eigenvalue weighted by Gasteiger charge is 2.63. The first-order chi connectivity index (χ1) is 8.41. The normalized spacial score (nSPS) is 24.7. The standard InChI is InChI=1S/C14H18FNO2/c1-14(2)11(9-7-5-6-8-10(9)15)12(14)13(17)16(3)18-4/h5-8,11-12H,1-4H3. The molecule has 1 aromatic rings. The predicted molar refractivity (Wildman–Crippen MR) is 66.2 cm³/mol. The molecule has 4 heteroatoms. The molecule has 1 saturated carbocycles. The van der Waals surface area contributed by atoms with Crippen LogP contribution in [0.5, 0.6) is 0 Å². The molecular weight excluding hydrogens is 233 g/mol. The SMILES string of the molecule is CON(C)C(=O)C1C(c2ccccc2F)C1(C)C. The third kappa shape index (κ3) is 1.90. The number of carbonyl (C=O) groups is 1. The van der Waals surface area contributed by atoms with Gasteiger partial charge in [0.15, 0.2) is 0 Å². The van der Waals surface area contributed by atoms with Crippen molar-refractivity contribution in [1.82, 2.24) is 5.06 Å². The average Bonchev–Trinajstić information content (AvgIpc) is 2.90. The van der Waals surface area contributed by atoms with E-state index in [0.29, 0.717) is 5.56 Å². The molecule has 98 valence electrons. The molecule has 0 spiro atoms. The van der Waals surface area contributed by atoms with Gasteiger partial charge in [0.25, 0.3) is 0 Å². The molecule has 1 aliphatic rings. The fourth-order valence-electron chi connectivity index (χ4n) is 2.69. The van der Waals surface area contributed by atoms with Crippen molar-refractivity contribution < 1.29 is 14.0 Å². The molecule has 1 aliphatic carbocycles. The van der Waals surface area contributed by atoms with Gasteiger partial charge in [0.2, 0.25) is 5.91 Å². The lowest BCUT2D eigenvalue weighted by atomic mass is 10.0. The maximum absolute atomic E-state index is 13.8. The highest BCUT2D eigenvalue weighted by atomic mass is 19.1. The maximum Gasteiger partial charge on any atom is 0.250 e. The molecule has 2 rings (SSSR count). The monoisotopic (exact) mass is 251 g/mol. The van der Waals surface area contributed by atoms with Crippen molar-refractivity contribution in [1.29, 1.82) is 0 Å². The second-order valence-corrected chi connectivity index (χ2v) is 5.32. The molecule has 1 fully saturated rings. The Kier molecular flexibility index (Phi) is 3.15. The van der Waals surface area contributed by atoms with Crippen LogP contribution in [0.3, 0.4) is 0 Å². The lowest BCUT2D eigenvalue weighted by Crippen LogP contribution is -2.28. The van der Waals surface area contributed by atoms with Crippen LogP contribution in [-0.4, -0.2) is 25.1 Å². The molecule has 2 atom stereocenters. The Balaban J connectivity index is 2.27. The first kappa shape index (κ1) is 13.0. The molecule has 1 amide bonds. The molecular formula is C14H18FNO2. The molecule has 0 bridgehead atoms. The Bertz CT molecular complexity index is 473. The van der Waals surface area contributed by atoms with Gasteiger partial charge in [-0.3, -0.25) is 9.63 Å². The van der Waals surface area contributed by atoms with Crippen molar-refractivity contribution in [2.45, 2.75) is 19.8 Å². The van der Waals surface area contributed by atoms with E-state index in [-0.39, 0.29) is 29.0 Å². The molecule has 0 aliphatic heterocycles. The summed E-state index contributed by atoms with van der Waals surface area (Å²) in [5.41, 5.74) is 0.386. The minimum absolute atomic E-state index is 0.0798. The molecule has 0 N–H and O–H groups in total. The van der Waals surface area contributed by atoms with Crippen LogP contribution in [0.2, 0.25) is 0 Å². The van der Waals surface area contributed by atoms with E-state index in [9.17, 15) is 9.18 Å². The zero-order chi connectivity index (χ0) is 13.5. The minimum Gasteiger partial charge on any atom is -0.275 e. The van der Waals surface area contributed by atoms with Gasteiger partial charge < -0.3 is 0 Å². The molecule has 0 aromatic heterocycles. The van der Waals surface area contributed by atoms with Crippen LogP contribution in [0.25, 0.3) is 0 Å². The van der Waals surface area contributed by atoms with Crippen LogP contribution in [-0.2, 0) is 9.63 Å². The summed E-state index contributed by atoms with van der Waals surface area (Å²) in [6, 6.07) is 6.65. The largest absolute Gasteiger partial charge is 0.275 e. The van der Waals surface area contributed by atoms with Crippen molar-refractivity contribution in [3.05, 3.63) is 35.6 Å². The first-order valence-corrected chi connectivity index (χ1v) is 5.97. The van der Waals surface area contributed by atoms with Crippen LogP contribution in [0, 0.1) is 17.2 Å². The second-order valence-electron chi connectivity index (χ2n) is 5.32. The lowest BCUT2D eigenvalue weighted by Gasteiger charge is -2.14. The number of halogens is 1. The number of nitrogens with zero attached hydrogens (tertiary/aromatic N) is 1. The van der Waals surface area contributed by atoms with Crippen LogP contribution in [0.15, 0.2) is 24.3 Å². The fraction of sp³-hybridized carbons (Fsp3) is 0.500. The first-order valence-electron chi connectivity index (χ1n) is 5.97. The van der Waals surface area contributed by atoms with Crippen LogP contribution < -0.4 is 0 Å². The fourth-order valence-corrected chi connectivity index (χ4v) is 2.69. The van der Waals surface area contributed by atoms with E-state index in [1.54, 1.807) is 25.2 Å². The summed E-state index contributed by atoms with van der Waals surface area (Å²) in [6.07, 6.45) is 0. The van der Waals surface area contributed by atoms with E-state index in [2.05, 4.69) is 0 Å².